The lowest BCUT2D eigenvalue weighted by molar-refractivity contribution is 1.00. The first kappa shape index (κ1) is 11.9. The number of nitrogens with one attached hydrogen (secondary N) is 1. The Balaban J connectivity index is 1.93. The van der Waals surface area contributed by atoms with Crippen LogP contribution in [0.2, 0.25) is 0 Å². The highest BCUT2D eigenvalue weighted by molar-refractivity contribution is 5.51. The van der Waals surface area contributed by atoms with Gasteiger partial charge in [-0.15, -0.1) is 0 Å². The summed E-state index contributed by atoms with van der Waals surface area (Å²) in [5.41, 5.74) is 8.15. The van der Waals surface area contributed by atoms with Gasteiger partial charge in [0.25, 0.3) is 0 Å². The second-order valence-electron chi connectivity index (χ2n) is 3.93. The number of benzene rings is 1. The highest BCUT2D eigenvalue weighted by Crippen LogP contribution is 2.10. The van der Waals surface area contributed by atoms with Crippen LogP contribution >= 0.6 is 0 Å². The van der Waals surface area contributed by atoms with Gasteiger partial charge in [0.1, 0.15) is 11.9 Å². The van der Waals surface area contributed by atoms with Crippen LogP contribution in [-0.2, 0) is 6.42 Å². The fourth-order valence-corrected chi connectivity index (χ4v) is 1.65. The van der Waals surface area contributed by atoms with Crippen LogP contribution in [0.25, 0.3) is 0 Å². The molecule has 18 heavy (non-hydrogen) atoms. The molecule has 0 aliphatic rings. The Kier molecular flexibility index (Phi) is 3.77. The highest BCUT2D eigenvalue weighted by atomic mass is 15.0. The van der Waals surface area contributed by atoms with E-state index in [1.807, 2.05) is 24.3 Å². The maximum atomic E-state index is 8.92. The van der Waals surface area contributed by atoms with E-state index in [9.17, 15) is 0 Å². The topological polar surface area (TPSA) is 74.7 Å². The minimum absolute atomic E-state index is 0.565. The molecule has 1 aromatic carbocycles. The molecule has 0 atom stereocenters. The Labute approximate surface area is 106 Å². The minimum atomic E-state index is 0.565. The standard InChI is InChI=1S/C14H14N4/c15-10-12-2-1-8-17-14(12)18-9-7-11-3-5-13(16)6-4-11/h1-6,8H,7,9,16H2,(H,17,18). The molecule has 90 valence electrons. The fourth-order valence-electron chi connectivity index (χ4n) is 1.65. The van der Waals surface area contributed by atoms with Crippen molar-refractivity contribution in [3.63, 3.8) is 0 Å². The van der Waals surface area contributed by atoms with Crippen molar-refractivity contribution in [3.8, 4) is 6.07 Å². The summed E-state index contributed by atoms with van der Waals surface area (Å²) < 4.78 is 0. The van der Waals surface area contributed by atoms with Crippen LogP contribution in [-0.4, -0.2) is 11.5 Å². The zero-order valence-electron chi connectivity index (χ0n) is 9.93. The van der Waals surface area contributed by atoms with Gasteiger partial charge in [-0.3, -0.25) is 0 Å². The van der Waals surface area contributed by atoms with Gasteiger partial charge < -0.3 is 11.1 Å². The molecule has 4 heteroatoms. The van der Waals surface area contributed by atoms with E-state index >= 15 is 0 Å². The van der Waals surface area contributed by atoms with Crippen molar-refractivity contribution in [1.29, 1.82) is 5.26 Å². The van der Waals surface area contributed by atoms with Gasteiger partial charge in [-0.25, -0.2) is 4.98 Å². The Hall–Kier alpha value is -2.54. The summed E-state index contributed by atoms with van der Waals surface area (Å²) in [6.45, 7) is 0.732. The predicted octanol–water partition coefficient (Wildman–Crippen LogP) is 2.19. The number of nitriles is 1. The molecular formula is C14H14N4. The number of nitrogens with zero attached hydrogens (tertiary/aromatic N) is 2. The van der Waals surface area contributed by atoms with Crippen molar-refractivity contribution in [3.05, 3.63) is 53.7 Å². The van der Waals surface area contributed by atoms with Crippen LogP contribution in [0.3, 0.4) is 0 Å². The van der Waals surface area contributed by atoms with Gasteiger partial charge in [0.05, 0.1) is 5.56 Å². The first-order chi connectivity index (χ1) is 8.79. The molecule has 4 nitrogen and oxygen atoms in total. The summed E-state index contributed by atoms with van der Waals surface area (Å²) in [6, 6.07) is 13.4. The van der Waals surface area contributed by atoms with E-state index in [2.05, 4.69) is 16.4 Å². The molecule has 0 amide bonds. The molecule has 2 rings (SSSR count). The van der Waals surface area contributed by atoms with E-state index in [0.717, 1.165) is 18.7 Å². The summed E-state index contributed by atoms with van der Waals surface area (Å²) in [5.74, 6) is 0.635. The smallest absolute Gasteiger partial charge is 0.143 e. The van der Waals surface area contributed by atoms with E-state index in [1.54, 1.807) is 18.3 Å². The minimum Gasteiger partial charge on any atom is -0.399 e. The molecule has 0 radical (unpaired) electrons. The summed E-state index contributed by atoms with van der Waals surface area (Å²) >= 11 is 0. The third-order valence-electron chi connectivity index (χ3n) is 2.61. The third-order valence-corrected chi connectivity index (χ3v) is 2.61. The first-order valence-electron chi connectivity index (χ1n) is 5.73. The average molecular weight is 238 g/mol. The molecule has 3 N–H and O–H groups in total. The Bertz CT molecular complexity index is 555. The summed E-state index contributed by atoms with van der Waals surface area (Å²) in [7, 11) is 0. The molecule has 2 aromatic rings. The third kappa shape index (κ3) is 2.98. The molecule has 0 saturated heterocycles. The first-order valence-corrected chi connectivity index (χ1v) is 5.73. The number of hydrogen-bond acceptors (Lipinski definition) is 4. The van der Waals surface area contributed by atoms with Crippen molar-refractivity contribution in [1.82, 2.24) is 4.98 Å². The Morgan fingerprint density at radius 1 is 1.22 bits per heavy atom. The van der Waals surface area contributed by atoms with Crippen molar-refractivity contribution < 1.29 is 0 Å². The molecule has 0 bridgehead atoms. The van der Waals surface area contributed by atoms with Crippen LogP contribution in [0.4, 0.5) is 11.5 Å². The largest absolute Gasteiger partial charge is 0.399 e. The summed E-state index contributed by atoms with van der Waals surface area (Å²) in [5, 5.41) is 12.1. The van der Waals surface area contributed by atoms with Crippen LogP contribution in [0, 0.1) is 11.3 Å². The Morgan fingerprint density at radius 2 is 2.00 bits per heavy atom. The van der Waals surface area contributed by atoms with Gasteiger partial charge in [-0.1, -0.05) is 12.1 Å². The number of rotatable bonds is 4. The quantitative estimate of drug-likeness (QED) is 0.801. The van der Waals surface area contributed by atoms with Gasteiger partial charge in [0, 0.05) is 18.4 Å². The summed E-state index contributed by atoms with van der Waals surface area (Å²) in [6.07, 6.45) is 2.54. The van der Waals surface area contributed by atoms with Gasteiger partial charge in [0.15, 0.2) is 0 Å². The maximum Gasteiger partial charge on any atom is 0.143 e. The van der Waals surface area contributed by atoms with Crippen molar-refractivity contribution in [2.24, 2.45) is 0 Å². The van der Waals surface area contributed by atoms with E-state index in [4.69, 9.17) is 11.0 Å². The molecule has 0 saturated carbocycles. The van der Waals surface area contributed by atoms with E-state index in [1.165, 1.54) is 5.56 Å². The Morgan fingerprint density at radius 3 is 2.72 bits per heavy atom. The van der Waals surface area contributed by atoms with Gasteiger partial charge in [-0.2, -0.15) is 5.26 Å². The molecule has 1 heterocycles. The number of anilines is 2. The molecular weight excluding hydrogens is 224 g/mol. The van der Waals surface area contributed by atoms with Crippen molar-refractivity contribution >= 4 is 11.5 Å². The second kappa shape index (κ2) is 5.69. The predicted molar refractivity (Wildman–Crippen MR) is 72.0 cm³/mol. The molecule has 0 aliphatic heterocycles. The monoisotopic (exact) mass is 238 g/mol. The molecule has 0 fully saturated rings. The number of hydrogen-bond donors (Lipinski definition) is 2. The molecule has 0 spiro atoms. The van der Waals surface area contributed by atoms with Crippen molar-refractivity contribution in [2.75, 3.05) is 17.6 Å². The highest BCUT2D eigenvalue weighted by Gasteiger charge is 2.01. The van der Waals surface area contributed by atoms with Crippen LogP contribution in [0.5, 0.6) is 0 Å². The average Bonchev–Trinajstić information content (AvgIpc) is 2.41. The molecule has 0 aliphatic carbocycles. The van der Waals surface area contributed by atoms with Gasteiger partial charge in [0.2, 0.25) is 0 Å². The zero-order chi connectivity index (χ0) is 12.8. The van der Waals surface area contributed by atoms with E-state index in [0.29, 0.717) is 11.4 Å². The number of nitrogen functional groups attached to an aromatic ring is 1. The molecule has 1 aromatic heterocycles. The van der Waals surface area contributed by atoms with Crippen LogP contribution in [0.15, 0.2) is 42.6 Å². The van der Waals surface area contributed by atoms with Crippen LogP contribution in [0.1, 0.15) is 11.1 Å². The normalized spacial score (nSPS) is 9.72. The lowest BCUT2D eigenvalue weighted by Gasteiger charge is -2.07. The van der Waals surface area contributed by atoms with E-state index in [-0.39, 0.29) is 0 Å². The van der Waals surface area contributed by atoms with Gasteiger partial charge >= 0.3 is 0 Å². The molecule has 0 unspecified atom stereocenters. The summed E-state index contributed by atoms with van der Waals surface area (Å²) in [4.78, 5) is 4.14. The number of nitrogens with two attached hydrogens (primary N) is 1. The lowest BCUT2D eigenvalue weighted by Crippen LogP contribution is -2.07. The fraction of sp³-hybridized carbons (Fsp3) is 0.143. The lowest BCUT2D eigenvalue weighted by atomic mass is 10.1. The maximum absolute atomic E-state index is 8.92. The second-order valence-corrected chi connectivity index (χ2v) is 3.93. The van der Waals surface area contributed by atoms with Crippen molar-refractivity contribution in [2.45, 2.75) is 6.42 Å². The SMILES string of the molecule is N#Cc1cccnc1NCCc1ccc(N)cc1. The zero-order valence-corrected chi connectivity index (χ0v) is 9.93. The van der Waals surface area contributed by atoms with E-state index < -0.39 is 0 Å². The number of pyridine rings is 1. The number of aromatic nitrogens is 1. The van der Waals surface area contributed by atoms with Crippen LogP contribution < -0.4 is 11.1 Å². The van der Waals surface area contributed by atoms with Gasteiger partial charge in [-0.05, 0) is 36.2 Å².